The van der Waals surface area contributed by atoms with Crippen LogP contribution in [0.5, 0.6) is 0 Å². The van der Waals surface area contributed by atoms with Crippen LogP contribution < -0.4 is 0 Å². The molecule has 0 bridgehead atoms. The third kappa shape index (κ3) is 4.13. The minimum Gasteiger partial charge on any atom is -0.459 e. The van der Waals surface area contributed by atoms with Gasteiger partial charge in [-0.05, 0) is 38.8 Å². The molecule has 2 fully saturated rings. The van der Waals surface area contributed by atoms with E-state index in [0.29, 0.717) is 0 Å². The van der Waals surface area contributed by atoms with Crippen LogP contribution in [-0.4, -0.2) is 42.5 Å². The fraction of sp³-hybridized carbons (Fsp3) is 0.929. The summed E-state index contributed by atoms with van der Waals surface area (Å²) in [6, 6.07) is 0.203. The lowest BCUT2D eigenvalue weighted by Crippen LogP contribution is -2.45. The number of rotatable bonds is 4. The van der Waals surface area contributed by atoms with Crippen LogP contribution in [0.2, 0.25) is 0 Å². The molecule has 0 spiro atoms. The Bertz CT molecular complexity index is 311. The molecule has 2 aliphatic rings. The Balaban J connectivity index is 1.92. The van der Waals surface area contributed by atoms with Gasteiger partial charge in [-0.2, -0.15) is 0 Å². The molecule has 110 valence electrons. The zero-order chi connectivity index (χ0) is 13.9. The van der Waals surface area contributed by atoms with Crippen molar-refractivity contribution >= 4 is 5.97 Å². The SMILES string of the molecule is CC(F)(F)COC(=O)C1CCCCC1N1CCCC1. The zero-order valence-corrected chi connectivity index (χ0v) is 11.5. The Labute approximate surface area is 113 Å². The van der Waals surface area contributed by atoms with Crippen molar-refractivity contribution in [3.8, 4) is 0 Å². The van der Waals surface area contributed by atoms with Crippen LogP contribution >= 0.6 is 0 Å². The second-order valence-electron chi connectivity index (χ2n) is 5.88. The van der Waals surface area contributed by atoms with Gasteiger partial charge >= 0.3 is 5.97 Å². The Morgan fingerprint density at radius 1 is 1.21 bits per heavy atom. The first kappa shape index (κ1) is 14.7. The number of carbonyl (C=O) groups is 1. The Morgan fingerprint density at radius 3 is 2.47 bits per heavy atom. The normalized spacial score (nSPS) is 29.4. The molecule has 0 aromatic carbocycles. The summed E-state index contributed by atoms with van der Waals surface area (Å²) in [6.07, 6.45) is 6.22. The van der Waals surface area contributed by atoms with Gasteiger partial charge in [0.05, 0.1) is 5.92 Å². The van der Waals surface area contributed by atoms with Crippen LogP contribution in [0.4, 0.5) is 8.78 Å². The predicted molar refractivity (Wildman–Crippen MR) is 68.1 cm³/mol. The van der Waals surface area contributed by atoms with Crippen LogP contribution in [0.1, 0.15) is 45.4 Å². The smallest absolute Gasteiger partial charge is 0.310 e. The highest BCUT2D eigenvalue weighted by molar-refractivity contribution is 5.73. The Kier molecular flexibility index (Phi) is 4.76. The van der Waals surface area contributed by atoms with E-state index in [-0.39, 0.29) is 12.0 Å². The number of nitrogens with zero attached hydrogens (tertiary/aromatic N) is 1. The molecule has 1 saturated heterocycles. The number of hydrogen-bond donors (Lipinski definition) is 0. The molecular weight excluding hydrogens is 252 g/mol. The first-order chi connectivity index (χ1) is 8.97. The monoisotopic (exact) mass is 275 g/mol. The lowest BCUT2D eigenvalue weighted by Gasteiger charge is -2.36. The highest BCUT2D eigenvalue weighted by atomic mass is 19.3. The minimum atomic E-state index is -2.94. The summed E-state index contributed by atoms with van der Waals surface area (Å²) in [4.78, 5) is 14.4. The molecule has 2 atom stereocenters. The maximum atomic E-state index is 12.8. The van der Waals surface area contributed by atoms with E-state index < -0.39 is 18.5 Å². The van der Waals surface area contributed by atoms with E-state index in [1.807, 2.05) is 0 Å². The van der Waals surface area contributed by atoms with Crippen LogP contribution in [0.25, 0.3) is 0 Å². The van der Waals surface area contributed by atoms with E-state index >= 15 is 0 Å². The van der Waals surface area contributed by atoms with Crippen molar-refractivity contribution in [2.75, 3.05) is 19.7 Å². The van der Waals surface area contributed by atoms with E-state index in [9.17, 15) is 13.6 Å². The summed E-state index contributed by atoms with van der Waals surface area (Å²) < 4.78 is 30.3. The van der Waals surface area contributed by atoms with Crippen LogP contribution in [0, 0.1) is 5.92 Å². The van der Waals surface area contributed by atoms with E-state index in [2.05, 4.69) is 4.90 Å². The third-order valence-corrected chi connectivity index (χ3v) is 4.11. The topological polar surface area (TPSA) is 29.5 Å². The summed E-state index contributed by atoms with van der Waals surface area (Å²) >= 11 is 0. The number of carbonyl (C=O) groups excluding carboxylic acids is 1. The number of likely N-dealkylation sites (tertiary alicyclic amines) is 1. The van der Waals surface area contributed by atoms with Crippen molar-refractivity contribution in [1.82, 2.24) is 4.90 Å². The van der Waals surface area contributed by atoms with Gasteiger partial charge in [0, 0.05) is 13.0 Å². The molecule has 0 N–H and O–H groups in total. The molecule has 0 amide bonds. The van der Waals surface area contributed by atoms with Crippen molar-refractivity contribution in [3.63, 3.8) is 0 Å². The number of halogens is 2. The summed E-state index contributed by atoms with van der Waals surface area (Å²) in [6.45, 7) is 2.03. The largest absolute Gasteiger partial charge is 0.459 e. The van der Waals surface area contributed by atoms with Gasteiger partial charge in [-0.15, -0.1) is 0 Å². The molecule has 0 radical (unpaired) electrons. The molecular formula is C14H23F2NO2. The van der Waals surface area contributed by atoms with Crippen molar-refractivity contribution in [1.29, 1.82) is 0 Å². The van der Waals surface area contributed by atoms with Crippen LogP contribution in [0.3, 0.4) is 0 Å². The first-order valence-corrected chi connectivity index (χ1v) is 7.26. The summed E-state index contributed by atoms with van der Waals surface area (Å²) in [7, 11) is 0. The zero-order valence-electron chi connectivity index (χ0n) is 11.5. The van der Waals surface area contributed by atoms with Crippen LogP contribution in [-0.2, 0) is 9.53 Å². The summed E-state index contributed by atoms with van der Waals surface area (Å²) in [5.41, 5.74) is 0. The molecule has 2 unspecified atom stereocenters. The van der Waals surface area contributed by atoms with Gasteiger partial charge in [-0.1, -0.05) is 12.8 Å². The maximum Gasteiger partial charge on any atom is 0.310 e. The standard InChI is InChI=1S/C14H23F2NO2/c1-14(15,16)10-19-13(18)11-6-2-3-7-12(11)17-8-4-5-9-17/h11-12H,2-10H2,1H3. The summed E-state index contributed by atoms with van der Waals surface area (Å²) in [5.74, 6) is -3.58. The Morgan fingerprint density at radius 2 is 1.84 bits per heavy atom. The molecule has 1 aliphatic heterocycles. The van der Waals surface area contributed by atoms with Gasteiger partial charge in [0.15, 0.2) is 6.61 Å². The second-order valence-corrected chi connectivity index (χ2v) is 5.88. The highest BCUT2D eigenvalue weighted by Crippen LogP contribution is 2.31. The van der Waals surface area contributed by atoms with Crippen molar-refractivity contribution in [3.05, 3.63) is 0 Å². The lowest BCUT2D eigenvalue weighted by molar-refractivity contribution is -0.162. The fourth-order valence-corrected chi connectivity index (χ4v) is 3.20. The predicted octanol–water partition coefficient (Wildman–Crippen LogP) is 2.84. The molecule has 1 aliphatic carbocycles. The average Bonchev–Trinajstić information content (AvgIpc) is 2.89. The quantitative estimate of drug-likeness (QED) is 0.739. The van der Waals surface area contributed by atoms with Gasteiger partial charge in [-0.3, -0.25) is 9.69 Å². The molecule has 3 nitrogen and oxygen atoms in total. The van der Waals surface area contributed by atoms with Crippen LogP contribution in [0.15, 0.2) is 0 Å². The van der Waals surface area contributed by atoms with Gasteiger partial charge in [0.2, 0.25) is 0 Å². The van der Waals surface area contributed by atoms with E-state index in [4.69, 9.17) is 4.74 Å². The van der Waals surface area contributed by atoms with Crippen molar-refractivity contribution in [2.45, 2.75) is 57.4 Å². The molecule has 1 saturated carbocycles. The van der Waals surface area contributed by atoms with Crippen molar-refractivity contribution in [2.24, 2.45) is 5.92 Å². The minimum absolute atomic E-state index is 0.203. The average molecular weight is 275 g/mol. The molecule has 5 heteroatoms. The maximum absolute atomic E-state index is 12.8. The number of ether oxygens (including phenoxy) is 1. The third-order valence-electron chi connectivity index (χ3n) is 4.11. The van der Waals surface area contributed by atoms with Crippen molar-refractivity contribution < 1.29 is 18.3 Å². The summed E-state index contributed by atoms with van der Waals surface area (Å²) in [5, 5.41) is 0. The first-order valence-electron chi connectivity index (χ1n) is 7.26. The Hall–Kier alpha value is -0.710. The number of esters is 1. The number of alkyl halides is 2. The molecule has 0 aromatic heterocycles. The van der Waals surface area contributed by atoms with Gasteiger partial charge < -0.3 is 4.74 Å². The van der Waals surface area contributed by atoms with Gasteiger partial charge in [0.1, 0.15) is 0 Å². The molecule has 0 aromatic rings. The van der Waals surface area contributed by atoms with E-state index in [1.165, 1.54) is 12.8 Å². The molecule has 1 heterocycles. The second kappa shape index (κ2) is 6.16. The highest BCUT2D eigenvalue weighted by Gasteiger charge is 2.37. The van der Waals surface area contributed by atoms with E-state index in [0.717, 1.165) is 45.7 Å². The van der Waals surface area contributed by atoms with Gasteiger partial charge in [0.25, 0.3) is 5.92 Å². The number of hydrogen-bond acceptors (Lipinski definition) is 3. The lowest BCUT2D eigenvalue weighted by atomic mass is 9.83. The van der Waals surface area contributed by atoms with Gasteiger partial charge in [-0.25, -0.2) is 8.78 Å². The molecule has 2 rings (SSSR count). The fourth-order valence-electron chi connectivity index (χ4n) is 3.20. The van der Waals surface area contributed by atoms with E-state index in [1.54, 1.807) is 0 Å². The molecule has 19 heavy (non-hydrogen) atoms.